The van der Waals surface area contributed by atoms with E-state index in [2.05, 4.69) is 13.8 Å². The number of imide groups is 2. The van der Waals surface area contributed by atoms with Crippen molar-refractivity contribution in [1.82, 2.24) is 4.90 Å². The predicted octanol–water partition coefficient (Wildman–Crippen LogP) is 7.62. The third kappa shape index (κ3) is 4.80. The fourth-order valence-corrected chi connectivity index (χ4v) is 5.82. The molecule has 0 aliphatic carbocycles. The molecule has 0 saturated heterocycles. The minimum Gasteiger partial charge on any atom is -0.457 e. The molecule has 2 aliphatic heterocycles. The lowest BCUT2D eigenvalue weighted by molar-refractivity contribution is 0.0692. The average Bonchev–Trinajstić information content (AvgIpc) is 3.44. The summed E-state index contributed by atoms with van der Waals surface area (Å²) in [5.41, 5.74) is 3.68. The van der Waals surface area contributed by atoms with Gasteiger partial charge in [0.25, 0.3) is 23.6 Å². The molecule has 0 bridgehead atoms. The van der Waals surface area contributed by atoms with E-state index in [-0.39, 0.29) is 29.0 Å². The predicted molar refractivity (Wildman–Crippen MR) is 172 cm³/mol. The maximum absolute atomic E-state index is 13.1. The zero-order valence-electron chi connectivity index (χ0n) is 25.3. The van der Waals surface area contributed by atoms with E-state index in [9.17, 15) is 19.2 Å². The summed E-state index contributed by atoms with van der Waals surface area (Å²) in [5, 5.41) is 0. The van der Waals surface area contributed by atoms with E-state index >= 15 is 0 Å². The Hall–Kier alpha value is -6.02. The fourth-order valence-electron chi connectivity index (χ4n) is 5.82. The molecule has 46 heavy (non-hydrogen) atoms. The normalized spacial score (nSPS) is 14.1. The monoisotopic (exact) mass is 608 g/mol. The van der Waals surface area contributed by atoms with Crippen LogP contribution in [0.5, 0.6) is 23.0 Å². The van der Waals surface area contributed by atoms with E-state index in [1.54, 1.807) is 60.7 Å². The number of para-hydroxylation sites is 1. The molecule has 8 nitrogen and oxygen atoms in total. The molecule has 8 heteroatoms. The van der Waals surface area contributed by atoms with Gasteiger partial charge in [0.05, 0.1) is 27.9 Å². The van der Waals surface area contributed by atoms with Gasteiger partial charge in [-0.05, 0) is 83.9 Å². The van der Waals surface area contributed by atoms with Gasteiger partial charge in [-0.2, -0.15) is 0 Å². The fraction of sp³-hybridized carbons (Fsp3) is 0.105. The summed E-state index contributed by atoms with van der Waals surface area (Å²) in [7, 11) is 1.47. The van der Waals surface area contributed by atoms with Gasteiger partial charge >= 0.3 is 0 Å². The molecular weight excluding hydrogens is 580 g/mol. The van der Waals surface area contributed by atoms with Crippen LogP contribution in [0.2, 0.25) is 0 Å². The van der Waals surface area contributed by atoms with Gasteiger partial charge in [-0.3, -0.25) is 24.1 Å². The first-order valence-electron chi connectivity index (χ1n) is 14.7. The zero-order chi connectivity index (χ0) is 32.2. The lowest BCUT2D eigenvalue weighted by Gasteiger charge is -2.26. The molecule has 4 amide bonds. The van der Waals surface area contributed by atoms with Gasteiger partial charge in [0.1, 0.15) is 23.0 Å². The standard InChI is InChI=1S/C38H28N2O6/c1-38(2,23-9-13-26(14-10-23)45-28-17-19-30-32(21-28)35(42)39(3)34(30)41)24-11-15-27(16-12-24)46-29-18-20-31-33(22-29)37(44)40(36(31)43)25-7-5-4-6-8-25/h4-22H,1-3H3. The molecule has 0 radical (unpaired) electrons. The summed E-state index contributed by atoms with van der Waals surface area (Å²) in [6.45, 7) is 4.25. The van der Waals surface area contributed by atoms with Gasteiger partial charge < -0.3 is 9.47 Å². The Morgan fingerprint density at radius 2 is 0.891 bits per heavy atom. The van der Waals surface area contributed by atoms with Crippen LogP contribution in [0.15, 0.2) is 115 Å². The molecule has 0 saturated carbocycles. The van der Waals surface area contributed by atoms with Crippen LogP contribution in [0.4, 0.5) is 5.69 Å². The van der Waals surface area contributed by atoms with Crippen LogP contribution < -0.4 is 14.4 Å². The molecule has 226 valence electrons. The zero-order valence-corrected chi connectivity index (χ0v) is 25.3. The second-order valence-electron chi connectivity index (χ2n) is 11.7. The van der Waals surface area contributed by atoms with Crippen molar-refractivity contribution in [2.75, 3.05) is 11.9 Å². The second-order valence-corrected chi connectivity index (χ2v) is 11.7. The van der Waals surface area contributed by atoms with Crippen LogP contribution in [0, 0.1) is 0 Å². The molecule has 0 unspecified atom stereocenters. The van der Waals surface area contributed by atoms with E-state index in [0.29, 0.717) is 50.9 Å². The number of anilines is 1. The Morgan fingerprint density at radius 3 is 1.41 bits per heavy atom. The Kier molecular flexibility index (Phi) is 6.78. The van der Waals surface area contributed by atoms with Crippen molar-refractivity contribution in [2.45, 2.75) is 19.3 Å². The van der Waals surface area contributed by atoms with Crippen molar-refractivity contribution in [1.29, 1.82) is 0 Å². The van der Waals surface area contributed by atoms with Crippen molar-refractivity contribution >= 4 is 29.3 Å². The van der Waals surface area contributed by atoms with Crippen molar-refractivity contribution < 1.29 is 28.7 Å². The number of carbonyl (C=O) groups is 4. The summed E-state index contributed by atoms with van der Waals surface area (Å²) in [6.07, 6.45) is 0. The lowest BCUT2D eigenvalue weighted by Crippen LogP contribution is -2.29. The molecule has 7 rings (SSSR count). The smallest absolute Gasteiger partial charge is 0.266 e. The summed E-state index contributed by atoms with van der Waals surface area (Å²) in [6, 6.07) is 34.2. The first kappa shape index (κ1) is 28.7. The molecule has 2 heterocycles. The number of ether oxygens (including phenoxy) is 2. The first-order valence-corrected chi connectivity index (χ1v) is 14.7. The van der Waals surface area contributed by atoms with E-state index in [4.69, 9.17) is 9.47 Å². The van der Waals surface area contributed by atoms with Crippen LogP contribution in [0.1, 0.15) is 66.4 Å². The highest BCUT2D eigenvalue weighted by Gasteiger charge is 2.37. The molecule has 5 aromatic carbocycles. The maximum atomic E-state index is 13.1. The molecular formula is C38H28N2O6. The van der Waals surface area contributed by atoms with Crippen molar-refractivity contribution in [3.05, 3.63) is 149 Å². The highest BCUT2D eigenvalue weighted by atomic mass is 16.5. The highest BCUT2D eigenvalue weighted by molar-refractivity contribution is 6.34. The largest absolute Gasteiger partial charge is 0.457 e. The molecule has 0 spiro atoms. The maximum Gasteiger partial charge on any atom is 0.266 e. The Morgan fingerprint density at radius 1 is 0.478 bits per heavy atom. The summed E-state index contributed by atoms with van der Waals surface area (Å²) in [5.74, 6) is 0.759. The third-order valence-corrected chi connectivity index (χ3v) is 8.56. The first-order chi connectivity index (χ1) is 22.1. The third-order valence-electron chi connectivity index (χ3n) is 8.56. The van der Waals surface area contributed by atoms with Crippen LogP contribution in [-0.2, 0) is 5.41 Å². The molecule has 0 atom stereocenters. The second kappa shape index (κ2) is 10.9. The van der Waals surface area contributed by atoms with Crippen LogP contribution >= 0.6 is 0 Å². The number of rotatable bonds is 7. The highest BCUT2D eigenvalue weighted by Crippen LogP contribution is 2.36. The van der Waals surface area contributed by atoms with Crippen LogP contribution in [0.25, 0.3) is 0 Å². The number of amides is 4. The van der Waals surface area contributed by atoms with E-state index in [0.717, 1.165) is 16.0 Å². The summed E-state index contributed by atoms with van der Waals surface area (Å²) >= 11 is 0. The van der Waals surface area contributed by atoms with E-state index in [1.807, 2.05) is 54.6 Å². The Labute approximate surface area is 265 Å². The number of fused-ring (bicyclic) bond motifs is 2. The van der Waals surface area contributed by atoms with Gasteiger partial charge in [-0.25, -0.2) is 4.90 Å². The number of hydrogen-bond donors (Lipinski definition) is 0. The minimum atomic E-state index is -0.378. The minimum absolute atomic E-state index is 0.309. The van der Waals surface area contributed by atoms with Gasteiger partial charge in [-0.1, -0.05) is 56.3 Å². The molecule has 2 aliphatic rings. The van der Waals surface area contributed by atoms with Gasteiger partial charge in [0, 0.05) is 12.5 Å². The number of carbonyl (C=O) groups excluding carboxylic acids is 4. The van der Waals surface area contributed by atoms with E-state index in [1.165, 1.54) is 11.9 Å². The van der Waals surface area contributed by atoms with Crippen molar-refractivity contribution in [3.63, 3.8) is 0 Å². The molecule has 0 N–H and O–H groups in total. The SMILES string of the molecule is CN1C(=O)c2ccc(Oc3ccc(C(C)(C)c4ccc(Oc5ccc6c(c5)C(=O)N(c5ccccc5)C6=O)cc4)cc3)cc2C1=O. The lowest BCUT2D eigenvalue weighted by atomic mass is 9.78. The quantitative estimate of drug-likeness (QED) is 0.177. The van der Waals surface area contributed by atoms with Crippen LogP contribution in [0.3, 0.4) is 0 Å². The van der Waals surface area contributed by atoms with E-state index < -0.39 is 0 Å². The average molecular weight is 609 g/mol. The Balaban J connectivity index is 1.04. The van der Waals surface area contributed by atoms with Gasteiger partial charge in [-0.15, -0.1) is 0 Å². The Bertz CT molecular complexity index is 2050. The van der Waals surface area contributed by atoms with Crippen molar-refractivity contribution in [2.24, 2.45) is 0 Å². The van der Waals surface area contributed by atoms with Gasteiger partial charge in [0.2, 0.25) is 0 Å². The van der Waals surface area contributed by atoms with Gasteiger partial charge in [0.15, 0.2) is 0 Å². The molecule has 0 aromatic heterocycles. The molecule has 5 aromatic rings. The molecule has 0 fully saturated rings. The number of hydrogen-bond acceptors (Lipinski definition) is 6. The number of benzene rings is 5. The van der Waals surface area contributed by atoms with Crippen molar-refractivity contribution in [3.8, 4) is 23.0 Å². The van der Waals surface area contributed by atoms with Crippen LogP contribution in [-0.4, -0.2) is 35.6 Å². The number of nitrogens with zero attached hydrogens (tertiary/aromatic N) is 2. The topological polar surface area (TPSA) is 93.2 Å². The summed E-state index contributed by atoms with van der Waals surface area (Å²) in [4.78, 5) is 52.8. The summed E-state index contributed by atoms with van der Waals surface area (Å²) < 4.78 is 12.1.